The molecule has 0 unspecified atom stereocenters. The Bertz CT molecular complexity index is 815. The number of nitrogens with one attached hydrogen (secondary N) is 1. The van der Waals surface area contributed by atoms with Gasteiger partial charge < -0.3 is 15.0 Å². The summed E-state index contributed by atoms with van der Waals surface area (Å²) in [6.07, 6.45) is 1.37. The van der Waals surface area contributed by atoms with Gasteiger partial charge >= 0.3 is 0 Å². The molecule has 0 saturated carbocycles. The number of hydrogen-bond donors (Lipinski definition) is 1. The van der Waals surface area contributed by atoms with Crippen molar-refractivity contribution in [2.45, 2.75) is 66.1 Å². The molecule has 0 fully saturated rings. The first kappa shape index (κ1) is 23.5. The van der Waals surface area contributed by atoms with Crippen molar-refractivity contribution >= 4 is 11.8 Å². The zero-order valence-electron chi connectivity index (χ0n) is 18.8. The molecular formula is C25H34N2O3. The summed E-state index contributed by atoms with van der Waals surface area (Å²) in [5.41, 5.74) is 3.14. The molecule has 5 nitrogen and oxygen atoms in total. The van der Waals surface area contributed by atoms with E-state index in [2.05, 4.69) is 11.4 Å². The predicted molar refractivity (Wildman–Crippen MR) is 120 cm³/mol. The first-order valence-electron chi connectivity index (χ1n) is 10.7. The van der Waals surface area contributed by atoms with E-state index in [-0.39, 0.29) is 24.5 Å². The van der Waals surface area contributed by atoms with Crippen molar-refractivity contribution in [3.63, 3.8) is 0 Å². The van der Waals surface area contributed by atoms with E-state index >= 15 is 0 Å². The Balaban J connectivity index is 2.20. The number of aryl methyl sites for hydroxylation is 2. The van der Waals surface area contributed by atoms with Crippen molar-refractivity contribution < 1.29 is 14.3 Å². The minimum atomic E-state index is -0.547. The Hall–Kier alpha value is -2.82. The molecule has 0 aliphatic carbocycles. The highest BCUT2D eigenvalue weighted by Crippen LogP contribution is 2.18. The quantitative estimate of drug-likeness (QED) is 0.631. The van der Waals surface area contributed by atoms with Gasteiger partial charge in [-0.3, -0.25) is 9.59 Å². The molecule has 0 saturated heterocycles. The van der Waals surface area contributed by atoms with Crippen LogP contribution in [-0.4, -0.2) is 35.4 Å². The van der Waals surface area contributed by atoms with Gasteiger partial charge in [-0.15, -0.1) is 0 Å². The minimum Gasteiger partial charge on any atom is -0.484 e. The number of carbonyl (C=O) groups is 2. The zero-order valence-corrected chi connectivity index (χ0v) is 18.8. The van der Waals surface area contributed by atoms with Crippen LogP contribution in [0.2, 0.25) is 0 Å². The molecule has 162 valence electrons. The smallest absolute Gasteiger partial charge is 0.261 e. The molecule has 0 heterocycles. The van der Waals surface area contributed by atoms with Crippen LogP contribution < -0.4 is 10.1 Å². The van der Waals surface area contributed by atoms with Crippen molar-refractivity contribution in [2.24, 2.45) is 0 Å². The summed E-state index contributed by atoms with van der Waals surface area (Å²) in [5.74, 6) is 0.337. The van der Waals surface area contributed by atoms with E-state index in [1.807, 2.05) is 77.1 Å². The van der Waals surface area contributed by atoms with E-state index in [1.165, 1.54) is 0 Å². The molecule has 0 aromatic heterocycles. The second-order valence-corrected chi connectivity index (χ2v) is 7.86. The number of hydrogen-bond acceptors (Lipinski definition) is 3. The van der Waals surface area contributed by atoms with Gasteiger partial charge in [-0.1, -0.05) is 50.2 Å². The van der Waals surface area contributed by atoms with Crippen LogP contribution in [0.5, 0.6) is 5.75 Å². The van der Waals surface area contributed by atoms with E-state index in [9.17, 15) is 9.59 Å². The molecule has 0 aliphatic rings. The maximum absolute atomic E-state index is 13.2. The summed E-state index contributed by atoms with van der Waals surface area (Å²) in [7, 11) is 0. The highest BCUT2D eigenvalue weighted by atomic mass is 16.5. The van der Waals surface area contributed by atoms with Crippen molar-refractivity contribution in [1.29, 1.82) is 0 Å². The Labute approximate surface area is 180 Å². The van der Waals surface area contributed by atoms with Gasteiger partial charge in [-0.05, 0) is 62.4 Å². The third kappa shape index (κ3) is 6.90. The second kappa shape index (κ2) is 11.4. The Morgan fingerprint density at radius 2 is 1.63 bits per heavy atom. The normalized spacial score (nSPS) is 12.7. The zero-order chi connectivity index (χ0) is 22.1. The molecule has 0 spiro atoms. The summed E-state index contributed by atoms with van der Waals surface area (Å²) in [4.78, 5) is 27.7. The SMILES string of the molecule is CC[C@H](C(=O)N[C@@H](C)CC)N(Cc1ccccc1)C(=O)COc1cc(C)cc(C)c1. The van der Waals surface area contributed by atoms with Gasteiger partial charge in [-0.25, -0.2) is 0 Å². The first-order valence-corrected chi connectivity index (χ1v) is 10.7. The van der Waals surface area contributed by atoms with Gasteiger partial charge in [0.15, 0.2) is 6.61 Å². The fourth-order valence-corrected chi connectivity index (χ4v) is 3.38. The number of ether oxygens (including phenoxy) is 1. The van der Waals surface area contributed by atoms with Crippen LogP contribution in [0.25, 0.3) is 0 Å². The number of amides is 2. The first-order chi connectivity index (χ1) is 14.3. The average Bonchev–Trinajstić information content (AvgIpc) is 2.71. The third-order valence-electron chi connectivity index (χ3n) is 5.14. The van der Waals surface area contributed by atoms with Gasteiger partial charge in [-0.2, -0.15) is 0 Å². The van der Waals surface area contributed by atoms with Crippen molar-refractivity contribution in [3.8, 4) is 5.75 Å². The van der Waals surface area contributed by atoms with Gasteiger partial charge in [0.1, 0.15) is 11.8 Å². The van der Waals surface area contributed by atoms with Crippen LogP contribution in [0.4, 0.5) is 0 Å². The van der Waals surface area contributed by atoms with Gasteiger partial charge in [0.2, 0.25) is 5.91 Å². The average molecular weight is 411 g/mol. The lowest BCUT2D eigenvalue weighted by Gasteiger charge is -2.31. The Morgan fingerprint density at radius 1 is 1.00 bits per heavy atom. The number of rotatable bonds is 10. The van der Waals surface area contributed by atoms with Crippen molar-refractivity contribution in [1.82, 2.24) is 10.2 Å². The highest BCUT2D eigenvalue weighted by Gasteiger charge is 2.29. The summed E-state index contributed by atoms with van der Waals surface area (Å²) >= 11 is 0. The van der Waals surface area contributed by atoms with Gasteiger partial charge in [0.05, 0.1) is 0 Å². The molecular weight excluding hydrogens is 376 g/mol. The Kier molecular flexibility index (Phi) is 8.90. The van der Waals surface area contributed by atoms with Crippen LogP contribution in [0, 0.1) is 13.8 Å². The molecule has 5 heteroatoms. The van der Waals surface area contributed by atoms with Crippen molar-refractivity contribution in [3.05, 3.63) is 65.2 Å². The number of benzene rings is 2. The van der Waals surface area contributed by atoms with E-state index in [1.54, 1.807) is 4.90 Å². The topological polar surface area (TPSA) is 58.6 Å². The van der Waals surface area contributed by atoms with Crippen molar-refractivity contribution in [2.75, 3.05) is 6.61 Å². The monoisotopic (exact) mass is 410 g/mol. The molecule has 2 amide bonds. The molecule has 1 N–H and O–H groups in total. The summed E-state index contributed by atoms with van der Waals surface area (Å²) in [6, 6.07) is 15.1. The van der Waals surface area contributed by atoms with Gasteiger partial charge in [0, 0.05) is 12.6 Å². The molecule has 2 aromatic carbocycles. The lowest BCUT2D eigenvalue weighted by molar-refractivity contribution is -0.143. The van der Waals surface area contributed by atoms with E-state index in [0.717, 1.165) is 23.1 Å². The highest BCUT2D eigenvalue weighted by molar-refractivity contribution is 5.88. The molecule has 30 heavy (non-hydrogen) atoms. The standard InChI is InChI=1S/C25H34N2O3/c1-6-20(5)26-25(29)23(7-2)27(16-21-11-9-8-10-12-21)24(28)17-30-22-14-18(3)13-19(4)15-22/h8-15,20,23H,6-7,16-17H2,1-5H3,(H,26,29)/t20-,23+/m0/s1. The van der Waals surface area contributed by atoms with E-state index in [0.29, 0.717) is 18.7 Å². The van der Waals surface area contributed by atoms with E-state index in [4.69, 9.17) is 4.74 Å². The fraction of sp³-hybridized carbons (Fsp3) is 0.440. The van der Waals surface area contributed by atoms with E-state index < -0.39 is 6.04 Å². The molecule has 2 rings (SSSR count). The largest absolute Gasteiger partial charge is 0.484 e. The maximum Gasteiger partial charge on any atom is 0.261 e. The third-order valence-corrected chi connectivity index (χ3v) is 5.14. The summed E-state index contributed by atoms with van der Waals surface area (Å²) < 4.78 is 5.80. The van der Waals surface area contributed by atoms with Crippen LogP contribution in [0.15, 0.2) is 48.5 Å². The predicted octanol–water partition coefficient (Wildman–Crippen LogP) is 4.40. The molecule has 2 aromatic rings. The van der Waals surface area contributed by atoms with Crippen LogP contribution in [-0.2, 0) is 16.1 Å². The lowest BCUT2D eigenvalue weighted by Crippen LogP contribution is -2.51. The van der Waals surface area contributed by atoms with Crippen LogP contribution in [0.3, 0.4) is 0 Å². The summed E-state index contributed by atoms with van der Waals surface area (Å²) in [6.45, 7) is 10.2. The van der Waals surface area contributed by atoms with Gasteiger partial charge in [0.25, 0.3) is 5.91 Å². The second-order valence-electron chi connectivity index (χ2n) is 7.86. The van der Waals surface area contributed by atoms with Crippen LogP contribution >= 0.6 is 0 Å². The van der Waals surface area contributed by atoms with Crippen LogP contribution in [0.1, 0.15) is 50.3 Å². The number of carbonyl (C=O) groups excluding carboxylic acids is 2. The number of nitrogens with zero attached hydrogens (tertiary/aromatic N) is 1. The molecule has 0 radical (unpaired) electrons. The summed E-state index contributed by atoms with van der Waals surface area (Å²) in [5, 5.41) is 3.02. The molecule has 0 aliphatic heterocycles. The lowest BCUT2D eigenvalue weighted by atomic mass is 10.1. The Morgan fingerprint density at radius 3 is 2.20 bits per heavy atom. The molecule has 0 bridgehead atoms. The fourth-order valence-electron chi connectivity index (χ4n) is 3.38. The molecule has 2 atom stereocenters. The maximum atomic E-state index is 13.2. The minimum absolute atomic E-state index is 0.0618.